The fourth-order valence-electron chi connectivity index (χ4n) is 3.87. The number of anilines is 3. The van der Waals surface area contributed by atoms with Crippen LogP contribution in [0, 0.1) is 0 Å². The first-order chi connectivity index (χ1) is 16.0. The van der Waals surface area contributed by atoms with Crippen LogP contribution in [0.4, 0.5) is 17.1 Å². The average Bonchev–Trinajstić information content (AvgIpc) is 3.05. The zero-order valence-electron chi connectivity index (χ0n) is 18.6. The number of carbonyl (C=O) groups is 2. The summed E-state index contributed by atoms with van der Waals surface area (Å²) in [5.41, 5.74) is 2.96. The molecule has 0 spiro atoms. The van der Waals surface area contributed by atoms with Gasteiger partial charge in [-0.3, -0.25) is 9.59 Å². The molecule has 1 aliphatic heterocycles. The summed E-state index contributed by atoms with van der Waals surface area (Å²) >= 11 is 6.15. The molecule has 33 heavy (non-hydrogen) atoms. The number of hydrogen-bond acceptors (Lipinski definition) is 4. The van der Waals surface area contributed by atoms with Gasteiger partial charge in [0.2, 0.25) is 0 Å². The predicted octanol–water partition coefficient (Wildman–Crippen LogP) is 4.99. The molecule has 0 atom stereocenters. The molecule has 0 aromatic heterocycles. The lowest BCUT2D eigenvalue weighted by Crippen LogP contribution is -2.28. The van der Waals surface area contributed by atoms with Crippen LogP contribution >= 0.6 is 11.6 Å². The first-order valence-electron chi connectivity index (χ1n) is 11.0. The maximum absolute atomic E-state index is 12.9. The van der Waals surface area contributed by atoms with E-state index >= 15 is 0 Å². The summed E-state index contributed by atoms with van der Waals surface area (Å²) in [6.45, 7) is 4.09. The van der Waals surface area contributed by atoms with E-state index in [4.69, 9.17) is 11.6 Å². The lowest BCUT2D eigenvalue weighted by atomic mass is 10.1. The van der Waals surface area contributed by atoms with Crippen molar-refractivity contribution in [3.8, 4) is 0 Å². The third kappa shape index (κ3) is 5.72. The van der Waals surface area contributed by atoms with Gasteiger partial charge in [0.05, 0.1) is 22.0 Å². The SMILES string of the molecule is CN1CCCN(c2ccc(C(=O)Nc3ccccc3C(=O)Nc3ccccc3Cl)cc2)CC1. The average molecular weight is 463 g/mol. The maximum Gasteiger partial charge on any atom is 0.257 e. The number of amides is 2. The molecular weight excluding hydrogens is 436 g/mol. The molecule has 3 aromatic rings. The van der Waals surface area contributed by atoms with Crippen LogP contribution in [0.2, 0.25) is 5.02 Å². The van der Waals surface area contributed by atoms with Crippen LogP contribution in [0.3, 0.4) is 0 Å². The molecule has 6 nitrogen and oxygen atoms in total. The minimum absolute atomic E-state index is 0.268. The minimum Gasteiger partial charge on any atom is -0.370 e. The summed E-state index contributed by atoms with van der Waals surface area (Å²) in [6, 6.07) is 21.5. The normalized spacial score (nSPS) is 14.4. The molecule has 0 radical (unpaired) electrons. The highest BCUT2D eigenvalue weighted by Gasteiger charge is 2.16. The van der Waals surface area contributed by atoms with Crippen LogP contribution in [-0.4, -0.2) is 49.9 Å². The summed E-state index contributed by atoms with van der Waals surface area (Å²) < 4.78 is 0. The second-order valence-corrected chi connectivity index (χ2v) is 8.53. The van der Waals surface area contributed by atoms with Crippen LogP contribution < -0.4 is 15.5 Å². The molecule has 2 N–H and O–H groups in total. The van der Waals surface area contributed by atoms with E-state index < -0.39 is 0 Å². The number of carbonyl (C=O) groups excluding carboxylic acids is 2. The molecule has 1 fully saturated rings. The number of hydrogen-bond donors (Lipinski definition) is 2. The van der Waals surface area contributed by atoms with Gasteiger partial charge >= 0.3 is 0 Å². The number of benzene rings is 3. The molecule has 170 valence electrons. The van der Waals surface area contributed by atoms with Crippen LogP contribution in [0.1, 0.15) is 27.1 Å². The first-order valence-corrected chi connectivity index (χ1v) is 11.4. The Morgan fingerprint density at radius 2 is 1.42 bits per heavy atom. The Kier molecular flexibility index (Phi) is 7.27. The van der Waals surface area contributed by atoms with Gasteiger partial charge in [0.15, 0.2) is 0 Å². The van der Waals surface area contributed by atoms with Gasteiger partial charge < -0.3 is 20.4 Å². The number of likely N-dealkylation sites (N-methyl/N-ethyl adjacent to an activating group) is 1. The van der Waals surface area contributed by atoms with Gasteiger partial charge in [0.1, 0.15) is 0 Å². The first kappa shape index (κ1) is 22.8. The Morgan fingerprint density at radius 3 is 2.18 bits per heavy atom. The monoisotopic (exact) mass is 462 g/mol. The summed E-state index contributed by atoms with van der Waals surface area (Å²) in [4.78, 5) is 30.4. The van der Waals surface area contributed by atoms with Crippen LogP contribution in [0.5, 0.6) is 0 Å². The molecule has 1 saturated heterocycles. The van der Waals surface area contributed by atoms with E-state index in [1.165, 1.54) is 0 Å². The quantitative estimate of drug-likeness (QED) is 0.561. The summed E-state index contributed by atoms with van der Waals surface area (Å²) in [6.07, 6.45) is 1.12. The van der Waals surface area contributed by atoms with Crippen molar-refractivity contribution in [2.75, 3.05) is 48.8 Å². The summed E-state index contributed by atoms with van der Waals surface area (Å²) in [5, 5.41) is 6.12. The van der Waals surface area contributed by atoms with Gasteiger partial charge in [0.25, 0.3) is 11.8 Å². The van der Waals surface area contributed by atoms with E-state index in [0.29, 0.717) is 27.5 Å². The van der Waals surface area contributed by atoms with E-state index in [2.05, 4.69) is 27.5 Å². The van der Waals surface area contributed by atoms with Crippen molar-refractivity contribution in [2.24, 2.45) is 0 Å². The molecule has 1 heterocycles. The van der Waals surface area contributed by atoms with Gasteiger partial charge in [-0.15, -0.1) is 0 Å². The Morgan fingerprint density at radius 1 is 0.758 bits per heavy atom. The molecule has 1 aliphatic rings. The zero-order valence-corrected chi connectivity index (χ0v) is 19.3. The maximum atomic E-state index is 12.9. The van der Waals surface area contributed by atoms with Crippen molar-refractivity contribution >= 4 is 40.5 Å². The fourth-order valence-corrected chi connectivity index (χ4v) is 4.05. The number of para-hydroxylation sites is 2. The van der Waals surface area contributed by atoms with Crippen molar-refractivity contribution in [3.63, 3.8) is 0 Å². The molecule has 2 amide bonds. The Bertz CT molecular complexity index is 1130. The summed E-state index contributed by atoms with van der Waals surface area (Å²) in [7, 11) is 2.14. The largest absolute Gasteiger partial charge is 0.370 e. The third-order valence-corrected chi connectivity index (χ3v) is 6.09. The van der Waals surface area contributed by atoms with Crippen LogP contribution in [0.25, 0.3) is 0 Å². The lowest BCUT2D eigenvalue weighted by Gasteiger charge is -2.23. The lowest BCUT2D eigenvalue weighted by molar-refractivity contribution is 0.102. The second-order valence-electron chi connectivity index (χ2n) is 8.12. The van der Waals surface area contributed by atoms with E-state index in [9.17, 15) is 9.59 Å². The Balaban J connectivity index is 1.45. The molecule has 4 rings (SSSR count). The third-order valence-electron chi connectivity index (χ3n) is 5.76. The van der Waals surface area contributed by atoms with Crippen molar-refractivity contribution < 1.29 is 9.59 Å². The molecule has 0 bridgehead atoms. The Labute approximate surface area is 199 Å². The minimum atomic E-state index is -0.347. The van der Waals surface area contributed by atoms with Gasteiger partial charge in [-0.25, -0.2) is 0 Å². The van der Waals surface area contributed by atoms with Crippen molar-refractivity contribution in [1.29, 1.82) is 0 Å². The Hall–Kier alpha value is -3.35. The van der Waals surface area contributed by atoms with Gasteiger partial charge in [0, 0.05) is 30.9 Å². The summed E-state index contributed by atoms with van der Waals surface area (Å²) in [5.74, 6) is -0.615. The molecule has 0 unspecified atom stereocenters. The predicted molar refractivity (Wildman–Crippen MR) is 135 cm³/mol. The van der Waals surface area contributed by atoms with Crippen LogP contribution in [0.15, 0.2) is 72.8 Å². The molecular formula is C26H27ClN4O2. The second kappa shape index (κ2) is 10.5. The highest BCUT2D eigenvalue weighted by atomic mass is 35.5. The smallest absolute Gasteiger partial charge is 0.257 e. The molecule has 0 saturated carbocycles. The van der Waals surface area contributed by atoms with Crippen LogP contribution in [-0.2, 0) is 0 Å². The fraction of sp³-hybridized carbons (Fsp3) is 0.231. The van der Waals surface area contributed by atoms with Gasteiger partial charge in [-0.1, -0.05) is 35.9 Å². The standard InChI is InChI=1S/C26H27ClN4O2/c1-30-15-6-16-31(18-17-30)20-13-11-19(12-14-20)25(32)28-23-9-4-2-7-21(23)26(33)29-24-10-5-3-8-22(24)27/h2-5,7-14H,6,15-18H2,1H3,(H,28,32)(H,29,33). The number of rotatable bonds is 5. The van der Waals surface area contributed by atoms with Gasteiger partial charge in [-0.05, 0) is 68.5 Å². The van der Waals surface area contributed by atoms with E-state index in [1.807, 2.05) is 24.3 Å². The van der Waals surface area contributed by atoms with Gasteiger partial charge in [-0.2, -0.15) is 0 Å². The molecule has 7 heteroatoms. The number of nitrogens with zero attached hydrogens (tertiary/aromatic N) is 2. The number of nitrogens with one attached hydrogen (secondary N) is 2. The van der Waals surface area contributed by atoms with E-state index in [-0.39, 0.29) is 11.8 Å². The molecule has 3 aromatic carbocycles. The van der Waals surface area contributed by atoms with Crippen molar-refractivity contribution in [3.05, 3.63) is 88.9 Å². The highest BCUT2D eigenvalue weighted by molar-refractivity contribution is 6.34. The van der Waals surface area contributed by atoms with E-state index in [1.54, 1.807) is 48.5 Å². The number of halogens is 1. The van der Waals surface area contributed by atoms with Crippen molar-refractivity contribution in [1.82, 2.24) is 4.90 Å². The van der Waals surface area contributed by atoms with Crippen molar-refractivity contribution in [2.45, 2.75) is 6.42 Å². The van der Waals surface area contributed by atoms with E-state index in [0.717, 1.165) is 38.3 Å². The topological polar surface area (TPSA) is 64.7 Å². The molecule has 0 aliphatic carbocycles. The zero-order chi connectivity index (χ0) is 23.2. The highest BCUT2D eigenvalue weighted by Crippen LogP contribution is 2.24.